The maximum Gasteiger partial charge on any atom is 0.356 e. The molecule has 21 heavy (non-hydrogen) atoms. The first-order valence-corrected chi connectivity index (χ1v) is 7.59. The van der Waals surface area contributed by atoms with Crippen LogP contribution in [0.15, 0.2) is 12.3 Å². The third-order valence-corrected chi connectivity index (χ3v) is 4.99. The third-order valence-electron chi connectivity index (χ3n) is 4.99. The highest BCUT2D eigenvalue weighted by Crippen LogP contribution is 2.49. The van der Waals surface area contributed by atoms with Gasteiger partial charge in [-0.15, -0.1) is 0 Å². The minimum absolute atomic E-state index is 0.0380. The van der Waals surface area contributed by atoms with Crippen molar-refractivity contribution in [3.05, 3.63) is 18.0 Å². The lowest BCUT2D eigenvalue weighted by molar-refractivity contribution is -0.122. The fourth-order valence-electron chi connectivity index (χ4n) is 4.02. The second-order valence-corrected chi connectivity index (χ2v) is 6.40. The van der Waals surface area contributed by atoms with Crippen LogP contribution in [0, 0.1) is 17.8 Å². The predicted molar refractivity (Wildman–Crippen MR) is 75.7 cm³/mol. The number of carbonyl (C=O) groups excluding carboxylic acids is 1. The molecule has 0 radical (unpaired) electrons. The lowest BCUT2D eigenvalue weighted by Gasteiger charge is -2.28. The van der Waals surface area contributed by atoms with Gasteiger partial charge in [-0.3, -0.25) is 9.48 Å². The van der Waals surface area contributed by atoms with Gasteiger partial charge in [0.15, 0.2) is 5.69 Å². The Bertz CT molecular complexity index is 554. The van der Waals surface area contributed by atoms with E-state index in [1.165, 1.54) is 42.6 Å². The highest BCUT2D eigenvalue weighted by Gasteiger charge is 2.42. The van der Waals surface area contributed by atoms with E-state index in [0.29, 0.717) is 5.92 Å². The number of aromatic nitrogens is 2. The topological polar surface area (TPSA) is 84.2 Å². The fraction of sp³-hybridized carbons (Fsp3) is 0.667. The van der Waals surface area contributed by atoms with Crippen LogP contribution in [0.25, 0.3) is 0 Å². The van der Waals surface area contributed by atoms with E-state index in [4.69, 9.17) is 5.11 Å². The van der Waals surface area contributed by atoms with Gasteiger partial charge in [-0.2, -0.15) is 5.10 Å². The van der Waals surface area contributed by atoms with Crippen LogP contribution in [0.4, 0.5) is 0 Å². The van der Waals surface area contributed by atoms with Crippen LogP contribution in [0.5, 0.6) is 0 Å². The van der Waals surface area contributed by atoms with Crippen LogP contribution in [-0.2, 0) is 11.3 Å². The van der Waals surface area contributed by atoms with Gasteiger partial charge in [0.1, 0.15) is 6.54 Å². The number of amides is 1. The van der Waals surface area contributed by atoms with Gasteiger partial charge in [-0.25, -0.2) is 4.79 Å². The van der Waals surface area contributed by atoms with Crippen molar-refractivity contribution in [2.24, 2.45) is 17.8 Å². The zero-order chi connectivity index (χ0) is 15.0. The van der Waals surface area contributed by atoms with Gasteiger partial charge in [0.25, 0.3) is 0 Å². The lowest BCUT2D eigenvalue weighted by atomic mass is 9.84. The molecule has 2 fully saturated rings. The van der Waals surface area contributed by atoms with Gasteiger partial charge in [0.05, 0.1) is 0 Å². The van der Waals surface area contributed by atoms with E-state index in [1.807, 2.05) is 0 Å². The van der Waals surface area contributed by atoms with E-state index >= 15 is 0 Å². The average molecular weight is 291 g/mol. The van der Waals surface area contributed by atoms with Crippen molar-refractivity contribution in [3.63, 3.8) is 0 Å². The summed E-state index contributed by atoms with van der Waals surface area (Å²) in [5.74, 6) is 1.05. The van der Waals surface area contributed by atoms with Gasteiger partial charge in [0.2, 0.25) is 5.91 Å². The van der Waals surface area contributed by atoms with Crippen LogP contribution in [0.2, 0.25) is 0 Å². The van der Waals surface area contributed by atoms with Crippen LogP contribution >= 0.6 is 0 Å². The second-order valence-electron chi connectivity index (χ2n) is 6.40. The molecule has 1 aromatic rings. The summed E-state index contributed by atoms with van der Waals surface area (Å²) in [5.41, 5.74) is -0.0380. The maximum atomic E-state index is 12.0. The average Bonchev–Trinajstić information content (AvgIpc) is 3.13. The fourth-order valence-corrected chi connectivity index (χ4v) is 4.02. The number of fused-ring (bicyclic) bond motifs is 2. The Balaban J connectivity index is 1.52. The molecule has 2 bridgehead atoms. The predicted octanol–water partition coefficient (Wildman–Crippen LogP) is 1.52. The minimum atomic E-state index is -1.08. The molecule has 0 aliphatic heterocycles. The molecule has 6 nitrogen and oxygen atoms in total. The summed E-state index contributed by atoms with van der Waals surface area (Å²) in [6.07, 6.45) is 6.73. The van der Waals surface area contributed by atoms with Crippen molar-refractivity contribution in [1.29, 1.82) is 0 Å². The molecule has 3 rings (SSSR count). The molecule has 1 heterocycles. The Labute approximate surface area is 123 Å². The van der Waals surface area contributed by atoms with Crippen molar-refractivity contribution in [2.45, 2.75) is 45.2 Å². The monoisotopic (exact) mass is 291 g/mol. The maximum absolute atomic E-state index is 12.0. The van der Waals surface area contributed by atoms with Gasteiger partial charge >= 0.3 is 5.97 Å². The van der Waals surface area contributed by atoms with Crippen molar-refractivity contribution in [2.75, 3.05) is 0 Å². The molecule has 2 saturated carbocycles. The molecule has 0 aromatic carbocycles. The highest BCUT2D eigenvalue weighted by atomic mass is 16.4. The molecule has 2 N–H and O–H groups in total. The van der Waals surface area contributed by atoms with Crippen molar-refractivity contribution < 1.29 is 14.7 Å². The zero-order valence-corrected chi connectivity index (χ0v) is 12.2. The number of hydrogen-bond donors (Lipinski definition) is 2. The Kier molecular flexibility index (Phi) is 3.69. The van der Waals surface area contributed by atoms with E-state index in [1.54, 1.807) is 0 Å². The number of hydrogen-bond acceptors (Lipinski definition) is 3. The first-order valence-electron chi connectivity index (χ1n) is 7.59. The molecule has 0 spiro atoms. The quantitative estimate of drug-likeness (QED) is 0.861. The normalized spacial score (nSPS) is 28.5. The molecule has 4 atom stereocenters. The molecule has 6 heteroatoms. The first-order chi connectivity index (χ1) is 10.0. The summed E-state index contributed by atoms with van der Waals surface area (Å²) in [4.78, 5) is 22.8. The zero-order valence-electron chi connectivity index (χ0n) is 12.2. The molecular weight excluding hydrogens is 270 g/mol. The van der Waals surface area contributed by atoms with Gasteiger partial charge in [-0.05, 0) is 50.0 Å². The number of nitrogens with zero attached hydrogens (tertiary/aromatic N) is 2. The molecule has 114 valence electrons. The van der Waals surface area contributed by atoms with Gasteiger partial charge in [-0.1, -0.05) is 6.42 Å². The number of carboxylic acids is 1. The van der Waals surface area contributed by atoms with Crippen LogP contribution in [-0.4, -0.2) is 32.8 Å². The molecule has 2 aliphatic carbocycles. The Morgan fingerprint density at radius 3 is 2.86 bits per heavy atom. The van der Waals surface area contributed by atoms with E-state index in [9.17, 15) is 9.59 Å². The van der Waals surface area contributed by atoms with Gasteiger partial charge < -0.3 is 10.4 Å². The van der Waals surface area contributed by atoms with Crippen molar-refractivity contribution in [1.82, 2.24) is 15.1 Å². The molecule has 4 unspecified atom stereocenters. The summed E-state index contributed by atoms with van der Waals surface area (Å²) in [6, 6.07) is 1.58. The Morgan fingerprint density at radius 1 is 1.48 bits per heavy atom. The number of nitrogens with one attached hydrogen (secondary N) is 1. The summed E-state index contributed by atoms with van der Waals surface area (Å²) >= 11 is 0. The van der Waals surface area contributed by atoms with E-state index in [2.05, 4.69) is 17.3 Å². The van der Waals surface area contributed by atoms with Crippen LogP contribution < -0.4 is 5.32 Å². The standard InChI is InChI=1S/C15H21N3O3/c1-9(12-7-10-2-3-11(12)6-10)16-14(19)8-18-5-4-13(17-18)15(20)21/h4-5,9-12H,2-3,6-8H2,1H3,(H,16,19)(H,20,21). The SMILES string of the molecule is CC(NC(=O)Cn1ccc(C(=O)O)n1)C1CC2CCC1C2. The summed E-state index contributed by atoms with van der Waals surface area (Å²) in [5, 5.41) is 15.7. The highest BCUT2D eigenvalue weighted by molar-refractivity contribution is 5.85. The van der Waals surface area contributed by atoms with Crippen molar-refractivity contribution >= 4 is 11.9 Å². The van der Waals surface area contributed by atoms with Crippen LogP contribution in [0.1, 0.15) is 43.1 Å². The Morgan fingerprint density at radius 2 is 2.29 bits per heavy atom. The lowest BCUT2D eigenvalue weighted by Crippen LogP contribution is -2.41. The second kappa shape index (κ2) is 5.50. The smallest absolute Gasteiger partial charge is 0.356 e. The number of rotatable bonds is 5. The van der Waals surface area contributed by atoms with Crippen LogP contribution in [0.3, 0.4) is 0 Å². The number of carboxylic acid groups (broad SMARTS) is 1. The first kappa shape index (κ1) is 14.1. The molecule has 2 aliphatic rings. The summed E-state index contributed by atoms with van der Waals surface area (Å²) in [7, 11) is 0. The third kappa shape index (κ3) is 2.94. The number of aromatic carboxylic acids is 1. The summed E-state index contributed by atoms with van der Waals surface area (Å²) in [6.45, 7) is 2.15. The van der Waals surface area contributed by atoms with E-state index in [-0.39, 0.29) is 24.2 Å². The van der Waals surface area contributed by atoms with Crippen molar-refractivity contribution in [3.8, 4) is 0 Å². The number of carbonyl (C=O) groups is 2. The van der Waals surface area contributed by atoms with Gasteiger partial charge in [0, 0.05) is 12.2 Å². The van der Waals surface area contributed by atoms with E-state index < -0.39 is 5.97 Å². The molecular formula is C15H21N3O3. The molecule has 1 aromatic heterocycles. The largest absolute Gasteiger partial charge is 0.476 e. The minimum Gasteiger partial charge on any atom is -0.476 e. The Hall–Kier alpha value is -1.85. The summed E-state index contributed by atoms with van der Waals surface area (Å²) < 4.78 is 1.37. The molecule has 1 amide bonds. The van der Waals surface area contributed by atoms with E-state index in [0.717, 1.165) is 11.8 Å². The molecule has 0 saturated heterocycles.